The molecule has 0 unspecified atom stereocenters. The van der Waals surface area contributed by atoms with Crippen LogP contribution in [-0.4, -0.2) is 62.5 Å². The molecule has 1 rings (SSSR count). The molecule has 1 aliphatic heterocycles. The van der Waals surface area contributed by atoms with Crippen LogP contribution in [0.2, 0.25) is 0 Å². The molecule has 0 aliphatic carbocycles. The monoisotopic (exact) mass is 317 g/mol. The summed E-state index contributed by atoms with van der Waals surface area (Å²) in [6.45, 7) is 5.83. The van der Waals surface area contributed by atoms with Crippen LogP contribution in [-0.2, 0) is 14.3 Å². The summed E-state index contributed by atoms with van der Waals surface area (Å²) in [4.78, 5) is 35.4. The number of piperidine rings is 1. The van der Waals surface area contributed by atoms with Gasteiger partial charge in [-0.15, -0.1) is 0 Å². The summed E-state index contributed by atoms with van der Waals surface area (Å²) < 4.78 is 5.24. The van der Waals surface area contributed by atoms with Gasteiger partial charge in [0.2, 0.25) is 0 Å². The maximum Gasteiger partial charge on any atom is 0.410 e. The first kappa shape index (κ1) is 18.2. The summed E-state index contributed by atoms with van der Waals surface area (Å²) in [5.74, 6) is -4.01. The number of aliphatic hydroxyl groups is 1. The van der Waals surface area contributed by atoms with Crippen molar-refractivity contribution in [3.05, 3.63) is 0 Å². The average molecular weight is 317 g/mol. The number of hydrogen-bond acceptors (Lipinski definition) is 5. The molecular formula is C14H23NO7. The highest BCUT2D eigenvalue weighted by Gasteiger charge is 2.47. The van der Waals surface area contributed by atoms with Crippen LogP contribution in [0.1, 0.15) is 40.0 Å². The Labute approximate surface area is 128 Å². The van der Waals surface area contributed by atoms with Gasteiger partial charge in [-0.05, 0) is 39.5 Å². The zero-order valence-electron chi connectivity index (χ0n) is 13.0. The van der Waals surface area contributed by atoms with Gasteiger partial charge in [0, 0.05) is 19.5 Å². The number of carbonyl (C=O) groups excluding carboxylic acids is 1. The minimum absolute atomic E-state index is 0.164. The SMILES string of the molecule is CC(C)(C)OC(=O)N1CCC[C@@H](CC(O)(C(=O)O)C(=O)O)C1. The van der Waals surface area contributed by atoms with E-state index in [4.69, 9.17) is 14.9 Å². The zero-order chi connectivity index (χ0) is 17.1. The summed E-state index contributed by atoms with van der Waals surface area (Å²) in [7, 11) is 0. The maximum absolute atomic E-state index is 12.0. The molecule has 1 saturated heterocycles. The first-order valence-electron chi connectivity index (χ1n) is 7.13. The fourth-order valence-electron chi connectivity index (χ4n) is 2.41. The minimum atomic E-state index is -2.83. The van der Waals surface area contributed by atoms with E-state index in [0.29, 0.717) is 19.4 Å². The predicted octanol–water partition coefficient (Wildman–Crippen LogP) is 0.924. The van der Waals surface area contributed by atoms with Crippen molar-refractivity contribution in [2.24, 2.45) is 5.92 Å². The van der Waals surface area contributed by atoms with Gasteiger partial charge in [0.25, 0.3) is 5.60 Å². The Bertz CT molecular complexity index is 441. The van der Waals surface area contributed by atoms with E-state index >= 15 is 0 Å². The van der Waals surface area contributed by atoms with E-state index in [-0.39, 0.29) is 6.54 Å². The molecular weight excluding hydrogens is 294 g/mol. The summed E-state index contributed by atoms with van der Waals surface area (Å²) in [5.41, 5.74) is -3.48. The van der Waals surface area contributed by atoms with Crippen molar-refractivity contribution < 1.29 is 34.4 Å². The molecule has 1 heterocycles. The topological polar surface area (TPSA) is 124 Å². The van der Waals surface area contributed by atoms with E-state index in [1.165, 1.54) is 4.90 Å². The molecule has 0 aromatic carbocycles. The van der Waals surface area contributed by atoms with Crippen molar-refractivity contribution in [2.45, 2.75) is 51.2 Å². The highest BCUT2D eigenvalue weighted by atomic mass is 16.6. The molecule has 0 aromatic heterocycles. The number of rotatable bonds is 4. The summed E-state index contributed by atoms with van der Waals surface area (Å²) >= 11 is 0. The summed E-state index contributed by atoms with van der Waals surface area (Å²) in [6, 6.07) is 0. The molecule has 126 valence electrons. The van der Waals surface area contributed by atoms with Gasteiger partial charge in [-0.25, -0.2) is 14.4 Å². The third-order valence-electron chi connectivity index (χ3n) is 3.46. The van der Waals surface area contributed by atoms with Gasteiger partial charge in [-0.2, -0.15) is 0 Å². The lowest BCUT2D eigenvalue weighted by Crippen LogP contribution is -2.51. The Hall–Kier alpha value is -1.83. The molecule has 22 heavy (non-hydrogen) atoms. The van der Waals surface area contributed by atoms with Crippen molar-refractivity contribution >= 4 is 18.0 Å². The Kier molecular flexibility index (Phi) is 5.39. The Balaban J connectivity index is 2.73. The van der Waals surface area contributed by atoms with Gasteiger partial charge in [0.05, 0.1) is 0 Å². The van der Waals surface area contributed by atoms with Crippen molar-refractivity contribution in [3.8, 4) is 0 Å². The number of amides is 1. The van der Waals surface area contributed by atoms with Crippen LogP contribution in [0, 0.1) is 5.92 Å². The van der Waals surface area contributed by atoms with Crippen LogP contribution >= 0.6 is 0 Å². The van der Waals surface area contributed by atoms with Gasteiger partial charge in [0.15, 0.2) is 0 Å². The second kappa shape index (κ2) is 6.51. The van der Waals surface area contributed by atoms with Crippen LogP contribution in [0.4, 0.5) is 4.79 Å². The number of aliphatic carboxylic acids is 2. The van der Waals surface area contributed by atoms with Gasteiger partial charge >= 0.3 is 18.0 Å². The molecule has 0 bridgehead atoms. The van der Waals surface area contributed by atoms with Crippen LogP contribution < -0.4 is 0 Å². The Morgan fingerprint density at radius 2 is 1.73 bits per heavy atom. The van der Waals surface area contributed by atoms with E-state index in [0.717, 1.165) is 0 Å². The number of hydrogen-bond donors (Lipinski definition) is 3. The van der Waals surface area contributed by atoms with Crippen molar-refractivity contribution in [2.75, 3.05) is 13.1 Å². The highest BCUT2D eigenvalue weighted by molar-refractivity contribution is 6.01. The molecule has 0 spiro atoms. The fourth-order valence-corrected chi connectivity index (χ4v) is 2.41. The molecule has 1 atom stereocenters. The molecule has 8 nitrogen and oxygen atoms in total. The molecule has 1 amide bonds. The molecule has 0 saturated carbocycles. The number of nitrogens with zero attached hydrogens (tertiary/aromatic N) is 1. The van der Waals surface area contributed by atoms with E-state index in [9.17, 15) is 19.5 Å². The Morgan fingerprint density at radius 3 is 2.18 bits per heavy atom. The number of carbonyl (C=O) groups is 3. The van der Waals surface area contributed by atoms with E-state index in [1.54, 1.807) is 20.8 Å². The lowest BCUT2D eigenvalue weighted by molar-refractivity contribution is -0.178. The lowest BCUT2D eigenvalue weighted by Gasteiger charge is -2.35. The predicted molar refractivity (Wildman–Crippen MR) is 75.4 cm³/mol. The number of likely N-dealkylation sites (tertiary alicyclic amines) is 1. The van der Waals surface area contributed by atoms with Crippen LogP contribution in [0.3, 0.4) is 0 Å². The second-order valence-corrected chi connectivity index (χ2v) is 6.61. The highest BCUT2D eigenvalue weighted by Crippen LogP contribution is 2.27. The zero-order valence-corrected chi connectivity index (χ0v) is 13.0. The first-order valence-corrected chi connectivity index (χ1v) is 7.13. The molecule has 0 aromatic rings. The van der Waals surface area contributed by atoms with E-state index < -0.39 is 41.6 Å². The molecule has 3 N–H and O–H groups in total. The average Bonchev–Trinajstić information content (AvgIpc) is 2.36. The van der Waals surface area contributed by atoms with Crippen molar-refractivity contribution in [1.82, 2.24) is 4.90 Å². The minimum Gasteiger partial charge on any atom is -0.479 e. The maximum atomic E-state index is 12.0. The number of carboxylic acids is 2. The van der Waals surface area contributed by atoms with Gasteiger partial charge in [-0.3, -0.25) is 0 Å². The van der Waals surface area contributed by atoms with E-state index in [2.05, 4.69) is 0 Å². The molecule has 1 fully saturated rings. The van der Waals surface area contributed by atoms with Crippen molar-refractivity contribution in [1.29, 1.82) is 0 Å². The fraction of sp³-hybridized carbons (Fsp3) is 0.786. The smallest absolute Gasteiger partial charge is 0.410 e. The third-order valence-corrected chi connectivity index (χ3v) is 3.46. The third kappa shape index (κ3) is 4.59. The normalized spacial score (nSPS) is 19.6. The lowest BCUT2D eigenvalue weighted by atomic mass is 9.85. The first-order chi connectivity index (χ1) is 9.95. The van der Waals surface area contributed by atoms with Crippen molar-refractivity contribution in [3.63, 3.8) is 0 Å². The number of ether oxygens (including phenoxy) is 1. The van der Waals surface area contributed by atoms with Gasteiger partial charge < -0.3 is 25.0 Å². The molecule has 1 aliphatic rings. The molecule has 0 radical (unpaired) electrons. The second-order valence-electron chi connectivity index (χ2n) is 6.61. The van der Waals surface area contributed by atoms with Gasteiger partial charge in [-0.1, -0.05) is 0 Å². The quantitative estimate of drug-likeness (QED) is 0.658. The van der Waals surface area contributed by atoms with Crippen LogP contribution in [0.25, 0.3) is 0 Å². The molecule has 8 heteroatoms. The summed E-state index contributed by atoms with van der Waals surface area (Å²) in [6.07, 6.45) is 0.171. The van der Waals surface area contributed by atoms with Crippen LogP contribution in [0.5, 0.6) is 0 Å². The Morgan fingerprint density at radius 1 is 1.18 bits per heavy atom. The number of carboxylic acid groups (broad SMARTS) is 2. The van der Waals surface area contributed by atoms with E-state index in [1.807, 2.05) is 0 Å². The summed E-state index contributed by atoms with van der Waals surface area (Å²) in [5, 5.41) is 27.6. The van der Waals surface area contributed by atoms with Crippen LogP contribution in [0.15, 0.2) is 0 Å². The van der Waals surface area contributed by atoms with Gasteiger partial charge in [0.1, 0.15) is 5.60 Å². The largest absolute Gasteiger partial charge is 0.479 e. The standard InChI is InChI=1S/C14H23NO7/c1-13(2,3)22-12(20)15-6-4-5-9(8-15)7-14(21,10(16)17)11(18)19/h9,21H,4-8H2,1-3H3,(H,16,17)(H,18,19)/t9-/m0/s1.